The van der Waals surface area contributed by atoms with Crippen molar-refractivity contribution < 1.29 is 27.8 Å². The molecule has 0 saturated heterocycles. The van der Waals surface area contributed by atoms with Gasteiger partial charge in [-0.3, -0.25) is 0 Å². The lowest BCUT2D eigenvalue weighted by molar-refractivity contribution is -0.154. The van der Waals surface area contributed by atoms with Crippen LogP contribution in [0.1, 0.15) is 11.4 Å². The summed E-state index contributed by atoms with van der Waals surface area (Å²) in [5.41, 5.74) is 0.641. The van der Waals surface area contributed by atoms with Crippen LogP contribution in [0.2, 0.25) is 0 Å². The highest BCUT2D eigenvalue weighted by molar-refractivity contribution is 5.52. The maximum atomic E-state index is 12.4. The average Bonchev–Trinajstić information content (AvgIpc) is 3.05. The summed E-state index contributed by atoms with van der Waals surface area (Å²) in [6.45, 7) is -0.0456. The van der Waals surface area contributed by atoms with Crippen molar-refractivity contribution in [3.8, 4) is 35.0 Å². The number of alkyl halides is 3. The van der Waals surface area contributed by atoms with Crippen LogP contribution in [0.25, 0.3) is 5.69 Å². The van der Waals surface area contributed by atoms with Gasteiger partial charge in [0.25, 0.3) is 0 Å². The maximum Gasteiger partial charge on any atom is 0.422 e. The predicted octanol–water partition coefficient (Wildman–Crippen LogP) is 3.28. The van der Waals surface area contributed by atoms with Crippen LogP contribution in [0.5, 0.6) is 23.3 Å². The van der Waals surface area contributed by atoms with E-state index in [1.165, 1.54) is 42.2 Å². The SMILES string of the molecule is Cc1nc(OCC(F)(F)F)cc(Oc2cc(C#N)ccc2-n2cc(O)cn2)n1. The van der Waals surface area contributed by atoms with Gasteiger partial charge in [-0.2, -0.15) is 33.5 Å². The van der Waals surface area contributed by atoms with Gasteiger partial charge in [-0.05, 0) is 19.1 Å². The molecule has 0 aliphatic rings. The van der Waals surface area contributed by atoms with Crippen LogP contribution in [0.3, 0.4) is 0 Å². The summed E-state index contributed by atoms with van der Waals surface area (Å²) < 4.78 is 48.7. The first kappa shape index (κ1) is 19.0. The fourth-order valence-corrected chi connectivity index (χ4v) is 2.21. The first-order valence-electron chi connectivity index (χ1n) is 7.75. The Balaban J connectivity index is 1.94. The average molecular weight is 391 g/mol. The molecule has 0 fully saturated rings. The monoisotopic (exact) mass is 391 g/mol. The molecule has 0 spiro atoms. The molecule has 28 heavy (non-hydrogen) atoms. The molecule has 0 aliphatic carbocycles. The summed E-state index contributed by atoms with van der Waals surface area (Å²) in [5.74, 6) is -0.214. The minimum absolute atomic E-state index is 0.0857. The first-order valence-corrected chi connectivity index (χ1v) is 7.75. The maximum absolute atomic E-state index is 12.4. The molecule has 2 heterocycles. The molecule has 3 rings (SSSR count). The van der Waals surface area contributed by atoms with Crippen molar-refractivity contribution in [3.63, 3.8) is 0 Å². The number of ether oxygens (including phenoxy) is 2. The summed E-state index contributed by atoms with van der Waals surface area (Å²) in [7, 11) is 0. The topological polar surface area (TPSA) is 106 Å². The Morgan fingerprint density at radius 2 is 1.96 bits per heavy atom. The Labute approximate surface area is 156 Å². The van der Waals surface area contributed by atoms with Gasteiger partial charge < -0.3 is 14.6 Å². The number of hydrogen-bond acceptors (Lipinski definition) is 7. The number of aromatic nitrogens is 4. The van der Waals surface area contributed by atoms with Gasteiger partial charge in [0.15, 0.2) is 18.1 Å². The molecule has 0 aliphatic heterocycles. The third-order valence-corrected chi connectivity index (χ3v) is 3.29. The van der Waals surface area contributed by atoms with E-state index < -0.39 is 12.8 Å². The van der Waals surface area contributed by atoms with Crippen molar-refractivity contribution in [1.29, 1.82) is 5.26 Å². The zero-order chi connectivity index (χ0) is 20.3. The van der Waals surface area contributed by atoms with Gasteiger partial charge in [0.05, 0.1) is 30.1 Å². The van der Waals surface area contributed by atoms with Gasteiger partial charge in [0.1, 0.15) is 11.5 Å². The van der Waals surface area contributed by atoms with Gasteiger partial charge in [0.2, 0.25) is 11.8 Å². The van der Waals surface area contributed by atoms with Crippen LogP contribution < -0.4 is 9.47 Å². The minimum atomic E-state index is -4.52. The fraction of sp³-hybridized carbons (Fsp3) is 0.176. The number of hydrogen-bond donors (Lipinski definition) is 1. The van der Waals surface area contributed by atoms with Crippen molar-refractivity contribution in [2.24, 2.45) is 0 Å². The molecule has 0 amide bonds. The van der Waals surface area contributed by atoms with Gasteiger partial charge >= 0.3 is 6.18 Å². The minimum Gasteiger partial charge on any atom is -0.505 e. The fourth-order valence-electron chi connectivity index (χ4n) is 2.21. The number of benzene rings is 1. The number of nitrogens with zero attached hydrogens (tertiary/aromatic N) is 5. The summed E-state index contributed by atoms with van der Waals surface area (Å²) >= 11 is 0. The smallest absolute Gasteiger partial charge is 0.422 e. The molecule has 144 valence electrons. The lowest BCUT2D eigenvalue weighted by atomic mass is 10.2. The lowest BCUT2D eigenvalue weighted by Crippen LogP contribution is -2.19. The lowest BCUT2D eigenvalue weighted by Gasteiger charge is -2.13. The number of rotatable bonds is 5. The van der Waals surface area contributed by atoms with E-state index >= 15 is 0 Å². The molecule has 0 atom stereocenters. The van der Waals surface area contributed by atoms with E-state index in [0.29, 0.717) is 5.69 Å². The highest BCUT2D eigenvalue weighted by Crippen LogP contribution is 2.30. The van der Waals surface area contributed by atoms with Gasteiger partial charge in [-0.1, -0.05) is 0 Å². The standard InChI is InChI=1S/C17H12F3N5O3/c1-10-23-15(27-9-17(18,19)20)5-16(24-10)28-14-4-11(6-21)2-3-13(14)25-8-12(26)7-22-25/h2-5,7-8,26H,9H2,1H3. The third kappa shape index (κ3) is 4.67. The van der Waals surface area contributed by atoms with Crippen molar-refractivity contribution in [2.75, 3.05) is 6.61 Å². The summed E-state index contributed by atoms with van der Waals surface area (Å²) in [6, 6.07) is 7.51. The van der Waals surface area contributed by atoms with E-state index in [-0.39, 0.29) is 34.6 Å². The van der Waals surface area contributed by atoms with Crippen LogP contribution in [0.4, 0.5) is 13.2 Å². The molecule has 0 radical (unpaired) electrons. The molecule has 1 N–H and O–H groups in total. The molecular weight excluding hydrogens is 379 g/mol. The van der Waals surface area contributed by atoms with Crippen molar-refractivity contribution >= 4 is 0 Å². The molecule has 2 aromatic heterocycles. The first-order chi connectivity index (χ1) is 13.2. The largest absolute Gasteiger partial charge is 0.505 e. The van der Waals surface area contributed by atoms with Crippen molar-refractivity contribution in [2.45, 2.75) is 13.1 Å². The molecule has 3 aromatic rings. The Hall–Kier alpha value is -3.81. The number of aromatic hydroxyl groups is 1. The second-order valence-electron chi connectivity index (χ2n) is 5.53. The van der Waals surface area contributed by atoms with Crippen molar-refractivity contribution in [1.82, 2.24) is 19.7 Å². The zero-order valence-corrected chi connectivity index (χ0v) is 14.3. The van der Waals surface area contributed by atoms with Gasteiger partial charge in [-0.25, -0.2) is 4.68 Å². The Bertz CT molecular complexity index is 1040. The Kier molecular flexibility index (Phi) is 5.04. The van der Waals surface area contributed by atoms with E-state index in [2.05, 4.69) is 19.8 Å². The molecular formula is C17H12F3N5O3. The van der Waals surface area contributed by atoms with Crippen LogP contribution in [0, 0.1) is 18.3 Å². The molecule has 11 heteroatoms. The Morgan fingerprint density at radius 1 is 1.21 bits per heavy atom. The van der Waals surface area contributed by atoms with Crippen LogP contribution in [-0.2, 0) is 0 Å². The predicted molar refractivity (Wildman–Crippen MR) is 88.3 cm³/mol. The van der Waals surface area contributed by atoms with Gasteiger partial charge in [0, 0.05) is 6.07 Å². The molecule has 0 unspecified atom stereocenters. The second-order valence-corrected chi connectivity index (χ2v) is 5.53. The van der Waals surface area contributed by atoms with Crippen LogP contribution in [-0.4, -0.2) is 37.6 Å². The molecule has 0 bridgehead atoms. The van der Waals surface area contributed by atoms with Crippen LogP contribution >= 0.6 is 0 Å². The normalized spacial score (nSPS) is 11.1. The molecule has 8 nitrogen and oxygen atoms in total. The number of aryl methyl sites for hydroxylation is 1. The summed E-state index contributed by atoms with van der Waals surface area (Å²) in [4.78, 5) is 7.79. The van der Waals surface area contributed by atoms with Gasteiger partial charge in [-0.15, -0.1) is 0 Å². The zero-order valence-electron chi connectivity index (χ0n) is 14.3. The summed E-state index contributed by atoms with van der Waals surface area (Å²) in [5, 5.41) is 22.6. The van der Waals surface area contributed by atoms with Crippen molar-refractivity contribution in [3.05, 3.63) is 48.0 Å². The molecule has 0 saturated carbocycles. The number of nitriles is 1. The quantitative estimate of drug-likeness (QED) is 0.711. The van der Waals surface area contributed by atoms with E-state index in [4.69, 9.17) is 10.00 Å². The van der Waals surface area contributed by atoms with E-state index in [1.807, 2.05) is 6.07 Å². The number of halogens is 3. The Morgan fingerprint density at radius 3 is 2.61 bits per heavy atom. The van der Waals surface area contributed by atoms with Crippen LogP contribution in [0.15, 0.2) is 36.7 Å². The third-order valence-electron chi connectivity index (χ3n) is 3.29. The summed E-state index contributed by atoms with van der Waals surface area (Å²) in [6.07, 6.45) is -1.99. The van der Waals surface area contributed by atoms with E-state index in [1.54, 1.807) is 0 Å². The van der Waals surface area contributed by atoms with E-state index in [9.17, 15) is 18.3 Å². The van der Waals surface area contributed by atoms with E-state index in [0.717, 1.165) is 6.07 Å². The highest BCUT2D eigenvalue weighted by atomic mass is 19.4. The molecule has 1 aromatic carbocycles. The highest BCUT2D eigenvalue weighted by Gasteiger charge is 2.29. The second kappa shape index (κ2) is 7.43.